The van der Waals surface area contributed by atoms with Crippen molar-refractivity contribution < 1.29 is 9.84 Å². The Morgan fingerprint density at radius 2 is 1.32 bits per heavy atom. The third-order valence-corrected chi connectivity index (χ3v) is 4.02. The van der Waals surface area contributed by atoms with Gasteiger partial charge in [-0.15, -0.1) is 0 Å². The summed E-state index contributed by atoms with van der Waals surface area (Å²) in [5.41, 5.74) is 0. The maximum absolute atomic E-state index is 8.64. The van der Waals surface area contributed by atoms with Gasteiger partial charge in [-0.25, -0.2) is 0 Å². The first-order valence-electron chi connectivity index (χ1n) is 8.35. The third-order valence-electron chi connectivity index (χ3n) is 4.02. The minimum absolute atomic E-state index is 0.128. The number of nitrogens with one attached hydrogen (secondary N) is 1. The van der Waals surface area contributed by atoms with Gasteiger partial charge in [-0.1, -0.05) is 57.8 Å². The van der Waals surface area contributed by atoms with Crippen LogP contribution in [0.3, 0.4) is 0 Å². The maximum atomic E-state index is 8.64. The highest BCUT2D eigenvalue weighted by Crippen LogP contribution is 2.16. The second-order valence-electron chi connectivity index (χ2n) is 5.75. The monoisotopic (exact) mass is 271 g/mol. The highest BCUT2D eigenvalue weighted by atomic mass is 16.5. The Morgan fingerprint density at radius 3 is 1.84 bits per heavy atom. The van der Waals surface area contributed by atoms with E-state index in [0.29, 0.717) is 12.6 Å². The summed E-state index contributed by atoms with van der Waals surface area (Å²) < 4.78 is 5.30. The molecule has 1 aliphatic carbocycles. The van der Waals surface area contributed by atoms with Gasteiger partial charge in [-0.2, -0.15) is 0 Å². The molecule has 1 fully saturated rings. The molecule has 0 saturated heterocycles. The van der Waals surface area contributed by atoms with E-state index in [1.165, 1.54) is 70.6 Å². The summed E-state index contributed by atoms with van der Waals surface area (Å²) >= 11 is 0. The van der Waals surface area contributed by atoms with Gasteiger partial charge < -0.3 is 15.2 Å². The van der Waals surface area contributed by atoms with Crippen molar-refractivity contribution in [1.82, 2.24) is 5.32 Å². The summed E-state index contributed by atoms with van der Waals surface area (Å²) in [4.78, 5) is 0. The van der Waals surface area contributed by atoms with Crippen molar-refractivity contribution in [3.8, 4) is 0 Å². The molecule has 0 bridgehead atoms. The molecule has 114 valence electrons. The Balaban J connectivity index is 2.11. The molecule has 1 aliphatic rings. The van der Waals surface area contributed by atoms with Crippen molar-refractivity contribution in [3.05, 3.63) is 0 Å². The fourth-order valence-corrected chi connectivity index (χ4v) is 2.87. The first-order chi connectivity index (χ1) is 9.43. The normalized spacial score (nSPS) is 20.7. The largest absolute Gasteiger partial charge is 0.394 e. The molecular weight excluding hydrogens is 238 g/mol. The van der Waals surface area contributed by atoms with Crippen molar-refractivity contribution in [2.75, 3.05) is 26.4 Å². The summed E-state index contributed by atoms with van der Waals surface area (Å²) in [5, 5.41) is 12.3. The predicted molar refractivity (Wildman–Crippen MR) is 80.5 cm³/mol. The quantitative estimate of drug-likeness (QED) is 0.729. The predicted octanol–water partition coefficient (Wildman–Crippen LogP) is 3.26. The van der Waals surface area contributed by atoms with Crippen molar-refractivity contribution in [1.29, 1.82) is 0 Å². The number of hydrogen-bond acceptors (Lipinski definition) is 3. The third kappa shape index (κ3) is 10.3. The molecule has 0 aromatic heterocycles. The molecule has 2 N–H and O–H groups in total. The zero-order chi connectivity index (χ0) is 13.6. The Kier molecular flexibility index (Phi) is 11.5. The minimum Gasteiger partial charge on any atom is -0.394 e. The zero-order valence-electron chi connectivity index (χ0n) is 12.5. The van der Waals surface area contributed by atoms with Crippen LogP contribution in [-0.4, -0.2) is 37.5 Å². The van der Waals surface area contributed by atoms with E-state index in [2.05, 4.69) is 5.32 Å². The number of aliphatic hydroxyl groups is 1. The van der Waals surface area contributed by atoms with E-state index < -0.39 is 0 Å². The van der Waals surface area contributed by atoms with Gasteiger partial charge in [0.2, 0.25) is 0 Å². The molecule has 0 radical (unpaired) electrons. The first-order valence-corrected chi connectivity index (χ1v) is 8.35. The smallest absolute Gasteiger partial charge is 0.0698 e. The van der Waals surface area contributed by atoms with Gasteiger partial charge in [-0.05, 0) is 12.8 Å². The lowest BCUT2D eigenvalue weighted by atomic mass is 9.98. The van der Waals surface area contributed by atoms with Crippen LogP contribution in [0, 0.1) is 0 Å². The van der Waals surface area contributed by atoms with E-state index in [9.17, 15) is 0 Å². The van der Waals surface area contributed by atoms with E-state index in [0.717, 1.165) is 13.2 Å². The Bertz CT molecular complexity index is 176. The highest BCUT2D eigenvalue weighted by Gasteiger charge is 2.08. The van der Waals surface area contributed by atoms with Crippen LogP contribution in [0.5, 0.6) is 0 Å². The molecule has 0 amide bonds. The number of rotatable bonds is 6. The van der Waals surface area contributed by atoms with E-state index in [1.54, 1.807) is 0 Å². The summed E-state index contributed by atoms with van der Waals surface area (Å²) in [5.74, 6) is 0. The zero-order valence-corrected chi connectivity index (χ0v) is 12.5. The Hall–Kier alpha value is -0.120. The van der Waals surface area contributed by atoms with Gasteiger partial charge in [0.15, 0.2) is 0 Å². The highest BCUT2D eigenvalue weighted by molar-refractivity contribution is 4.68. The summed E-state index contributed by atoms with van der Waals surface area (Å²) in [6, 6.07) is 0.678. The van der Waals surface area contributed by atoms with Crippen molar-refractivity contribution in [3.63, 3.8) is 0 Å². The number of hydrogen-bond donors (Lipinski definition) is 2. The van der Waals surface area contributed by atoms with Crippen molar-refractivity contribution in [2.45, 2.75) is 76.7 Å². The average Bonchev–Trinajstić information content (AvgIpc) is 2.41. The maximum Gasteiger partial charge on any atom is 0.0698 e. The van der Waals surface area contributed by atoms with E-state index in [-0.39, 0.29) is 6.61 Å². The van der Waals surface area contributed by atoms with Crippen LogP contribution in [0.4, 0.5) is 0 Å². The molecule has 0 aliphatic heterocycles. The van der Waals surface area contributed by atoms with Crippen LogP contribution in [0.25, 0.3) is 0 Å². The van der Waals surface area contributed by atoms with Crippen LogP contribution in [0.15, 0.2) is 0 Å². The lowest BCUT2D eigenvalue weighted by molar-refractivity contribution is 0.0921. The molecule has 0 aromatic rings. The molecule has 1 rings (SSSR count). The van der Waals surface area contributed by atoms with E-state index in [1.807, 2.05) is 0 Å². The Labute approximate surface area is 119 Å². The first kappa shape index (κ1) is 16.9. The topological polar surface area (TPSA) is 41.5 Å². The summed E-state index contributed by atoms with van der Waals surface area (Å²) in [6.45, 7) is 2.23. The van der Waals surface area contributed by atoms with Crippen LogP contribution < -0.4 is 5.32 Å². The van der Waals surface area contributed by atoms with Crippen LogP contribution in [0.2, 0.25) is 0 Å². The molecule has 0 aromatic carbocycles. The average molecular weight is 271 g/mol. The molecular formula is C16H33NO2. The lowest BCUT2D eigenvalue weighted by Gasteiger charge is -2.19. The van der Waals surface area contributed by atoms with Gasteiger partial charge in [0.1, 0.15) is 0 Å². The molecule has 3 nitrogen and oxygen atoms in total. The molecule has 0 atom stereocenters. The van der Waals surface area contributed by atoms with Gasteiger partial charge in [-0.3, -0.25) is 0 Å². The molecule has 0 spiro atoms. The SMILES string of the molecule is OCCOCCNC1CCCCCCCCCCC1. The summed E-state index contributed by atoms with van der Waals surface area (Å²) in [6.07, 6.45) is 15.4. The van der Waals surface area contributed by atoms with Crippen LogP contribution >= 0.6 is 0 Å². The number of aliphatic hydroxyl groups excluding tert-OH is 1. The molecule has 19 heavy (non-hydrogen) atoms. The van der Waals surface area contributed by atoms with Crippen molar-refractivity contribution in [2.24, 2.45) is 0 Å². The lowest BCUT2D eigenvalue weighted by Crippen LogP contribution is -2.32. The standard InChI is InChI=1S/C16H33NO2/c18-13-15-19-14-12-17-16-10-8-6-4-2-1-3-5-7-9-11-16/h16-18H,1-15H2. The molecule has 0 unspecified atom stereocenters. The van der Waals surface area contributed by atoms with E-state index >= 15 is 0 Å². The second-order valence-corrected chi connectivity index (χ2v) is 5.75. The van der Waals surface area contributed by atoms with Crippen molar-refractivity contribution >= 4 is 0 Å². The Morgan fingerprint density at radius 1 is 0.789 bits per heavy atom. The number of ether oxygens (including phenoxy) is 1. The minimum atomic E-state index is 0.128. The molecule has 3 heteroatoms. The molecule has 0 heterocycles. The van der Waals surface area contributed by atoms with Gasteiger partial charge in [0.25, 0.3) is 0 Å². The fraction of sp³-hybridized carbons (Fsp3) is 1.00. The van der Waals surface area contributed by atoms with E-state index in [4.69, 9.17) is 9.84 Å². The van der Waals surface area contributed by atoms with Gasteiger partial charge in [0, 0.05) is 12.6 Å². The second kappa shape index (κ2) is 12.9. The van der Waals surface area contributed by atoms with Crippen LogP contribution in [-0.2, 0) is 4.74 Å². The molecule has 1 saturated carbocycles. The van der Waals surface area contributed by atoms with Crippen LogP contribution in [0.1, 0.15) is 70.6 Å². The van der Waals surface area contributed by atoms with Gasteiger partial charge in [0.05, 0.1) is 19.8 Å². The fourth-order valence-electron chi connectivity index (χ4n) is 2.87. The van der Waals surface area contributed by atoms with Gasteiger partial charge >= 0.3 is 0 Å². The summed E-state index contributed by atoms with van der Waals surface area (Å²) in [7, 11) is 0.